The van der Waals surface area contributed by atoms with E-state index in [-0.39, 0.29) is 0 Å². The number of benzene rings is 1. The van der Waals surface area contributed by atoms with Gasteiger partial charge in [0.2, 0.25) is 0 Å². The van der Waals surface area contributed by atoms with Crippen molar-refractivity contribution in [3.05, 3.63) is 65.5 Å². The van der Waals surface area contributed by atoms with Crippen LogP contribution in [0.15, 0.2) is 53.7 Å². The molecule has 0 saturated carbocycles. The van der Waals surface area contributed by atoms with Crippen LogP contribution in [0, 0.1) is 6.92 Å². The Bertz CT molecular complexity index is 743. The van der Waals surface area contributed by atoms with Gasteiger partial charge in [-0.05, 0) is 44.4 Å². The van der Waals surface area contributed by atoms with Crippen molar-refractivity contribution in [3.8, 4) is 0 Å². The first-order valence-corrected chi connectivity index (χ1v) is 9.89. The van der Waals surface area contributed by atoms with Crippen LogP contribution in [0.25, 0.3) is 0 Å². The molecule has 1 fully saturated rings. The molecule has 0 bridgehead atoms. The maximum absolute atomic E-state index is 4.76. The summed E-state index contributed by atoms with van der Waals surface area (Å²) in [5.41, 5.74) is 3.58. The summed E-state index contributed by atoms with van der Waals surface area (Å²) in [6, 6.07) is 15.7. The number of likely N-dealkylation sites (tertiary alicyclic amines) is 1. The Morgan fingerprint density at radius 3 is 2.78 bits per heavy atom. The topological polar surface area (TPSA) is 52.6 Å². The molecule has 27 heavy (non-hydrogen) atoms. The normalized spacial score (nSPS) is 20.6. The van der Waals surface area contributed by atoms with E-state index in [0.717, 1.165) is 37.7 Å². The molecule has 1 aliphatic heterocycles. The van der Waals surface area contributed by atoms with Crippen LogP contribution in [0.1, 0.15) is 37.1 Å². The van der Waals surface area contributed by atoms with Gasteiger partial charge in [-0.3, -0.25) is 9.88 Å². The molecule has 2 unspecified atom stereocenters. The zero-order chi connectivity index (χ0) is 19.1. The summed E-state index contributed by atoms with van der Waals surface area (Å²) >= 11 is 0. The van der Waals surface area contributed by atoms with Gasteiger partial charge in [-0.15, -0.1) is 0 Å². The quantitative estimate of drug-likeness (QED) is 0.610. The van der Waals surface area contributed by atoms with Crippen molar-refractivity contribution < 1.29 is 0 Å². The second kappa shape index (κ2) is 9.51. The Kier molecular flexibility index (Phi) is 6.82. The molecule has 1 aromatic carbocycles. The van der Waals surface area contributed by atoms with Crippen molar-refractivity contribution in [2.24, 2.45) is 4.99 Å². The van der Waals surface area contributed by atoms with E-state index in [1.54, 1.807) is 0 Å². The van der Waals surface area contributed by atoms with Gasteiger partial charge < -0.3 is 10.6 Å². The predicted octanol–water partition coefficient (Wildman–Crippen LogP) is 3.11. The molecule has 1 aromatic heterocycles. The minimum Gasteiger partial charge on any atom is -0.357 e. The van der Waals surface area contributed by atoms with E-state index >= 15 is 0 Å². The third-order valence-electron chi connectivity index (χ3n) is 5.12. The number of hydrogen-bond acceptors (Lipinski definition) is 3. The van der Waals surface area contributed by atoms with Crippen molar-refractivity contribution >= 4 is 5.96 Å². The highest BCUT2D eigenvalue weighted by Crippen LogP contribution is 2.20. The second-order valence-corrected chi connectivity index (χ2v) is 7.30. The predicted molar refractivity (Wildman–Crippen MR) is 112 cm³/mol. The highest BCUT2D eigenvalue weighted by molar-refractivity contribution is 5.80. The van der Waals surface area contributed by atoms with Gasteiger partial charge in [-0.2, -0.15) is 0 Å². The van der Waals surface area contributed by atoms with E-state index in [0.29, 0.717) is 18.6 Å². The molecule has 144 valence electrons. The molecule has 0 amide bonds. The van der Waals surface area contributed by atoms with Gasteiger partial charge in [-0.1, -0.05) is 36.4 Å². The minimum absolute atomic E-state index is 0.409. The van der Waals surface area contributed by atoms with Crippen LogP contribution >= 0.6 is 0 Å². The highest BCUT2D eigenvalue weighted by atomic mass is 15.3. The van der Waals surface area contributed by atoms with Gasteiger partial charge in [-0.25, -0.2) is 4.99 Å². The average Bonchev–Trinajstić information content (AvgIpc) is 3.01. The Morgan fingerprint density at radius 2 is 2.04 bits per heavy atom. The van der Waals surface area contributed by atoms with Crippen LogP contribution in [-0.4, -0.2) is 41.0 Å². The molecule has 2 N–H and O–H groups in total. The number of hydrogen-bond donors (Lipinski definition) is 2. The monoisotopic (exact) mass is 365 g/mol. The first-order chi connectivity index (χ1) is 13.2. The third-order valence-corrected chi connectivity index (χ3v) is 5.12. The molecule has 2 aromatic rings. The fourth-order valence-electron chi connectivity index (χ4n) is 3.59. The first kappa shape index (κ1) is 19.4. The molecule has 1 saturated heterocycles. The van der Waals surface area contributed by atoms with E-state index in [9.17, 15) is 0 Å². The lowest BCUT2D eigenvalue weighted by Gasteiger charge is -2.21. The molecule has 0 radical (unpaired) electrons. The van der Waals surface area contributed by atoms with Gasteiger partial charge in [0, 0.05) is 37.9 Å². The smallest absolute Gasteiger partial charge is 0.191 e. The van der Waals surface area contributed by atoms with Crippen molar-refractivity contribution in [1.29, 1.82) is 0 Å². The van der Waals surface area contributed by atoms with Gasteiger partial charge >= 0.3 is 0 Å². The number of nitrogens with zero attached hydrogens (tertiary/aromatic N) is 3. The number of rotatable bonds is 6. The van der Waals surface area contributed by atoms with Crippen molar-refractivity contribution in [3.63, 3.8) is 0 Å². The van der Waals surface area contributed by atoms with Gasteiger partial charge in [0.05, 0.1) is 12.2 Å². The van der Waals surface area contributed by atoms with Crippen LogP contribution in [0.2, 0.25) is 0 Å². The van der Waals surface area contributed by atoms with Crippen LogP contribution < -0.4 is 10.6 Å². The van der Waals surface area contributed by atoms with Gasteiger partial charge in [0.1, 0.15) is 0 Å². The average molecular weight is 366 g/mol. The number of aliphatic imine (C=N–C) groups is 1. The summed E-state index contributed by atoms with van der Waals surface area (Å²) in [6.45, 7) is 9.97. The molecule has 0 spiro atoms. The number of pyridine rings is 1. The summed E-state index contributed by atoms with van der Waals surface area (Å²) in [5.74, 6) is 0.876. The lowest BCUT2D eigenvalue weighted by Crippen LogP contribution is -2.44. The number of aromatic nitrogens is 1. The third kappa shape index (κ3) is 5.54. The maximum Gasteiger partial charge on any atom is 0.191 e. The van der Waals surface area contributed by atoms with E-state index in [2.05, 4.69) is 77.7 Å². The fraction of sp³-hybridized carbons (Fsp3) is 0.455. The van der Waals surface area contributed by atoms with E-state index in [1.807, 2.05) is 12.3 Å². The molecule has 1 aliphatic rings. The van der Waals surface area contributed by atoms with Crippen LogP contribution in [0.4, 0.5) is 0 Å². The first-order valence-electron chi connectivity index (χ1n) is 9.89. The van der Waals surface area contributed by atoms with Crippen molar-refractivity contribution in [2.45, 2.75) is 52.4 Å². The summed E-state index contributed by atoms with van der Waals surface area (Å²) < 4.78 is 0. The van der Waals surface area contributed by atoms with Crippen LogP contribution in [-0.2, 0) is 13.1 Å². The van der Waals surface area contributed by atoms with E-state index in [1.165, 1.54) is 11.1 Å². The summed E-state index contributed by atoms with van der Waals surface area (Å²) in [5, 5.41) is 6.99. The molecule has 2 heterocycles. The minimum atomic E-state index is 0.409. The molecular weight excluding hydrogens is 334 g/mol. The lowest BCUT2D eigenvalue weighted by molar-refractivity contribution is 0.258. The van der Waals surface area contributed by atoms with Crippen molar-refractivity contribution in [2.75, 3.05) is 13.1 Å². The molecule has 5 heteroatoms. The highest BCUT2D eigenvalue weighted by Gasteiger charge is 2.29. The van der Waals surface area contributed by atoms with Gasteiger partial charge in [0.15, 0.2) is 5.96 Å². The zero-order valence-electron chi connectivity index (χ0n) is 16.7. The molecule has 2 atom stereocenters. The number of aryl methyl sites for hydroxylation is 1. The Balaban J connectivity index is 1.59. The number of guanidine groups is 1. The Labute approximate surface area is 162 Å². The fourth-order valence-corrected chi connectivity index (χ4v) is 3.59. The SMILES string of the molecule is CCNC(=NCc1ncccc1C)NC1CC(C)N(Cc2ccccc2)C1. The van der Waals surface area contributed by atoms with Gasteiger partial charge in [0.25, 0.3) is 0 Å². The van der Waals surface area contributed by atoms with E-state index < -0.39 is 0 Å². The largest absolute Gasteiger partial charge is 0.357 e. The molecular formula is C22H31N5. The summed E-state index contributed by atoms with van der Waals surface area (Å²) in [6.07, 6.45) is 2.96. The van der Waals surface area contributed by atoms with Crippen LogP contribution in [0.5, 0.6) is 0 Å². The summed E-state index contributed by atoms with van der Waals surface area (Å²) in [7, 11) is 0. The van der Waals surface area contributed by atoms with Crippen molar-refractivity contribution in [1.82, 2.24) is 20.5 Å². The second-order valence-electron chi connectivity index (χ2n) is 7.30. The Morgan fingerprint density at radius 1 is 1.22 bits per heavy atom. The van der Waals surface area contributed by atoms with E-state index in [4.69, 9.17) is 4.99 Å². The molecule has 5 nitrogen and oxygen atoms in total. The maximum atomic E-state index is 4.76. The zero-order valence-corrected chi connectivity index (χ0v) is 16.7. The molecule has 0 aliphatic carbocycles. The molecule has 3 rings (SSSR count). The summed E-state index contributed by atoms with van der Waals surface area (Å²) in [4.78, 5) is 11.7. The lowest BCUT2D eigenvalue weighted by atomic mass is 10.2. The van der Waals surface area contributed by atoms with Crippen LogP contribution in [0.3, 0.4) is 0 Å². The Hall–Kier alpha value is -2.40. The standard InChI is InChI=1S/C22H31N5/c1-4-23-22(25-14-21-17(2)9-8-12-24-21)26-20-13-18(3)27(16-20)15-19-10-6-5-7-11-19/h5-12,18,20H,4,13-16H2,1-3H3,(H2,23,25,26). The number of nitrogens with one attached hydrogen (secondary N) is 2.